The van der Waals surface area contributed by atoms with Crippen molar-refractivity contribution in [2.45, 2.75) is 95.6 Å². The fraction of sp³-hybridized carbons (Fsp3) is 0.581. The highest BCUT2D eigenvalue weighted by atomic mass is 16.2. The summed E-state index contributed by atoms with van der Waals surface area (Å²) >= 11 is 0. The van der Waals surface area contributed by atoms with E-state index < -0.39 is 6.03 Å². The fourth-order valence-corrected chi connectivity index (χ4v) is 6.88. The van der Waals surface area contributed by atoms with Crippen LogP contribution in [0.4, 0.5) is 10.6 Å². The Morgan fingerprint density at radius 2 is 1.80 bits per heavy atom. The van der Waals surface area contributed by atoms with Crippen molar-refractivity contribution in [3.8, 4) is 0 Å². The number of primary amides is 1. The average molecular weight is 543 g/mol. The molecule has 0 bridgehead atoms. The third-order valence-electron chi connectivity index (χ3n) is 9.83. The van der Waals surface area contributed by atoms with E-state index in [0.717, 1.165) is 42.0 Å². The van der Waals surface area contributed by atoms with Crippen molar-refractivity contribution >= 4 is 28.8 Å². The van der Waals surface area contributed by atoms with E-state index in [1.807, 2.05) is 0 Å². The zero-order valence-electron chi connectivity index (χ0n) is 23.8. The van der Waals surface area contributed by atoms with Crippen LogP contribution in [0.25, 0.3) is 11.2 Å². The number of aromatic nitrogens is 4. The summed E-state index contributed by atoms with van der Waals surface area (Å²) in [4.78, 5) is 28.0. The number of benzene rings is 1. The summed E-state index contributed by atoms with van der Waals surface area (Å²) in [6, 6.07) is 10.3. The first-order valence-corrected chi connectivity index (χ1v) is 15.1. The molecule has 1 atom stereocenters. The Morgan fingerprint density at radius 1 is 1.07 bits per heavy atom. The summed E-state index contributed by atoms with van der Waals surface area (Å²) in [6.07, 6.45) is 13.3. The number of nitrogens with one attached hydrogen (secondary N) is 2. The summed E-state index contributed by atoms with van der Waals surface area (Å²) in [5.74, 6) is 2.99. The van der Waals surface area contributed by atoms with Crippen LogP contribution in [0.3, 0.4) is 0 Å². The van der Waals surface area contributed by atoms with Gasteiger partial charge in [-0.15, -0.1) is 0 Å². The van der Waals surface area contributed by atoms with Gasteiger partial charge in [0.15, 0.2) is 23.1 Å². The van der Waals surface area contributed by atoms with Crippen LogP contribution in [0.2, 0.25) is 0 Å². The van der Waals surface area contributed by atoms with Crippen molar-refractivity contribution in [3.05, 3.63) is 47.5 Å². The minimum absolute atomic E-state index is 0.126. The van der Waals surface area contributed by atoms with Crippen LogP contribution in [0.5, 0.6) is 0 Å². The molecule has 3 aliphatic rings. The predicted molar refractivity (Wildman–Crippen MR) is 158 cm³/mol. The van der Waals surface area contributed by atoms with Crippen molar-refractivity contribution in [2.75, 3.05) is 12.4 Å². The molecule has 0 radical (unpaired) electrons. The lowest BCUT2D eigenvalue weighted by Crippen LogP contribution is -2.39. The van der Waals surface area contributed by atoms with E-state index in [4.69, 9.17) is 26.1 Å². The van der Waals surface area contributed by atoms with Gasteiger partial charge in [0.25, 0.3) is 0 Å². The van der Waals surface area contributed by atoms with Gasteiger partial charge in [-0.1, -0.05) is 62.4 Å². The SMILES string of the molecule is C[C@@H](Nc1nc(C(=N)N(C)C(N)=O)nc2nc(C3(c4ccccc4)CCC3)n(CC3CCCCC3)c12)C1CCC1. The first kappa shape index (κ1) is 26.7. The third kappa shape index (κ3) is 4.73. The number of nitrogens with zero attached hydrogens (tertiary/aromatic N) is 5. The highest BCUT2D eigenvalue weighted by Crippen LogP contribution is 2.50. The number of rotatable bonds is 8. The molecule has 3 aliphatic carbocycles. The quantitative estimate of drug-likeness (QED) is 0.244. The largest absolute Gasteiger partial charge is 0.365 e. The molecule has 9 heteroatoms. The van der Waals surface area contributed by atoms with Crippen molar-refractivity contribution in [2.24, 2.45) is 17.6 Å². The smallest absolute Gasteiger partial charge is 0.320 e. The molecule has 2 aromatic heterocycles. The van der Waals surface area contributed by atoms with Gasteiger partial charge in [0.05, 0.1) is 5.41 Å². The standard InChI is InChI=1S/C31H42N8O/c1-20(22-13-9-14-22)34-26-24-27(36-28(35-26)25(32)38(2)30(33)40)37-29(39(24)19-21-11-5-3-6-12-21)31(17-10-18-31)23-15-7-4-8-16-23/h4,7-8,15-16,20-22,32H,3,5-6,9-14,17-19H2,1-2H3,(H2,33,40)(H,34,35,36)/t20-/m1/s1. The van der Waals surface area contributed by atoms with Crippen LogP contribution in [-0.2, 0) is 12.0 Å². The maximum atomic E-state index is 11.9. The normalized spacial score (nSPS) is 19.9. The molecule has 3 saturated carbocycles. The number of fused-ring (bicyclic) bond motifs is 1. The Kier molecular flexibility index (Phi) is 7.23. The lowest BCUT2D eigenvalue weighted by Gasteiger charge is -2.42. The molecule has 9 nitrogen and oxygen atoms in total. The van der Waals surface area contributed by atoms with Gasteiger partial charge in [0.2, 0.25) is 0 Å². The molecule has 0 spiro atoms. The van der Waals surface area contributed by atoms with E-state index in [1.54, 1.807) is 0 Å². The fourth-order valence-electron chi connectivity index (χ4n) is 6.88. The van der Waals surface area contributed by atoms with Crippen LogP contribution in [-0.4, -0.2) is 49.4 Å². The zero-order chi connectivity index (χ0) is 27.9. The first-order valence-electron chi connectivity index (χ1n) is 15.1. The molecule has 3 fully saturated rings. The van der Waals surface area contributed by atoms with Gasteiger partial charge in [0, 0.05) is 19.6 Å². The topological polar surface area (TPSA) is 126 Å². The predicted octanol–water partition coefficient (Wildman–Crippen LogP) is 5.81. The lowest BCUT2D eigenvalue weighted by atomic mass is 9.63. The number of anilines is 1. The number of urea groups is 1. The van der Waals surface area contributed by atoms with E-state index >= 15 is 0 Å². The van der Waals surface area contributed by atoms with Crippen LogP contribution < -0.4 is 11.1 Å². The Labute approximate surface area is 236 Å². The van der Waals surface area contributed by atoms with Gasteiger partial charge in [-0.05, 0) is 62.8 Å². The average Bonchev–Trinajstić information content (AvgIpc) is 3.25. The Bertz CT molecular complexity index is 1390. The van der Waals surface area contributed by atoms with Crippen LogP contribution >= 0.6 is 0 Å². The van der Waals surface area contributed by atoms with Gasteiger partial charge >= 0.3 is 6.03 Å². The van der Waals surface area contributed by atoms with Gasteiger partial charge in [-0.3, -0.25) is 10.3 Å². The molecule has 2 heterocycles. The monoisotopic (exact) mass is 542 g/mol. The van der Waals surface area contributed by atoms with E-state index in [9.17, 15) is 4.79 Å². The maximum absolute atomic E-state index is 11.9. The summed E-state index contributed by atoms with van der Waals surface area (Å²) in [5, 5.41) is 12.4. The molecule has 40 heavy (non-hydrogen) atoms. The number of amidine groups is 1. The highest BCUT2D eigenvalue weighted by Gasteiger charge is 2.45. The van der Waals surface area contributed by atoms with Crippen molar-refractivity contribution in [1.82, 2.24) is 24.4 Å². The molecule has 6 rings (SSSR count). The Hall–Kier alpha value is -3.49. The highest BCUT2D eigenvalue weighted by molar-refractivity contribution is 6.04. The number of hydrogen-bond donors (Lipinski definition) is 3. The third-order valence-corrected chi connectivity index (χ3v) is 9.83. The number of carbonyl (C=O) groups is 1. The number of carbonyl (C=O) groups excluding carboxylic acids is 1. The van der Waals surface area contributed by atoms with E-state index in [0.29, 0.717) is 23.3 Å². The second kappa shape index (κ2) is 10.8. The van der Waals surface area contributed by atoms with Crippen LogP contribution in [0.15, 0.2) is 30.3 Å². The minimum atomic E-state index is -0.716. The second-order valence-corrected chi connectivity index (χ2v) is 12.3. The van der Waals surface area contributed by atoms with Crippen LogP contribution in [0.1, 0.15) is 94.8 Å². The van der Waals surface area contributed by atoms with E-state index in [-0.39, 0.29) is 23.1 Å². The molecule has 0 unspecified atom stereocenters. The van der Waals surface area contributed by atoms with Crippen molar-refractivity contribution < 1.29 is 4.79 Å². The minimum Gasteiger partial charge on any atom is -0.365 e. The molecule has 212 valence electrons. The summed E-state index contributed by atoms with van der Waals surface area (Å²) in [5.41, 5.74) is 8.15. The van der Waals surface area contributed by atoms with Crippen molar-refractivity contribution in [1.29, 1.82) is 5.41 Å². The second-order valence-electron chi connectivity index (χ2n) is 12.3. The van der Waals surface area contributed by atoms with E-state index in [2.05, 4.69) is 47.1 Å². The van der Waals surface area contributed by atoms with Gasteiger partial charge in [-0.25, -0.2) is 19.7 Å². The van der Waals surface area contributed by atoms with Gasteiger partial charge in [0.1, 0.15) is 11.3 Å². The van der Waals surface area contributed by atoms with Crippen molar-refractivity contribution in [3.63, 3.8) is 0 Å². The lowest BCUT2D eigenvalue weighted by molar-refractivity contribution is 0.235. The molecule has 3 aromatic rings. The molecule has 0 aliphatic heterocycles. The molecule has 2 amide bonds. The number of hydrogen-bond acceptors (Lipinski definition) is 6. The number of nitrogens with two attached hydrogens (primary N) is 1. The first-order chi connectivity index (χ1) is 19.4. The molecular weight excluding hydrogens is 500 g/mol. The molecule has 0 saturated heterocycles. The molecular formula is C31H42N8O. The maximum Gasteiger partial charge on any atom is 0.320 e. The molecule has 4 N–H and O–H groups in total. The number of amides is 2. The summed E-state index contributed by atoms with van der Waals surface area (Å²) < 4.78 is 2.43. The number of imidazole rings is 1. The van der Waals surface area contributed by atoms with Gasteiger partial charge in [-0.2, -0.15) is 0 Å². The summed E-state index contributed by atoms with van der Waals surface area (Å²) in [6.45, 7) is 3.12. The Balaban J connectivity index is 1.54. The van der Waals surface area contributed by atoms with Gasteiger partial charge < -0.3 is 15.6 Å². The summed E-state index contributed by atoms with van der Waals surface area (Å²) in [7, 11) is 1.48. The Morgan fingerprint density at radius 3 is 2.40 bits per heavy atom. The zero-order valence-corrected chi connectivity index (χ0v) is 23.8. The van der Waals surface area contributed by atoms with E-state index in [1.165, 1.54) is 64.0 Å². The van der Waals surface area contributed by atoms with Crippen LogP contribution in [0, 0.1) is 17.2 Å². The molecule has 1 aromatic carbocycles.